The standard InChI is InChI=1S/C12H19FN4/c1-3-10-11(13)12(16-8-15-10)17(2)7-9-5-4-6-14-9/h8-9,14H,3-7H2,1-2H3. The average molecular weight is 238 g/mol. The third kappa shape index (κ3) is 2.72. The van der Waals surface area contributed by atoms with Gasteiger partial charge in [0.25, 0.3) is 0 Å². The Balaban J connectivity index is 2.09. The molecule has 1 N–H and O–H groups in total. The SMILES string of the molecule is CCc1ncnc(N(C)CC2CCCN2)c1F. The van der Waals surface area contributed by atoms with Gasteiger partial charge in [-0.15, -0.1) is 0 Å². The van der Waals surface area contributed by atoms with Crippen molar-refractivity contribution < 1.29 is 4.39 Å². The van der Waals surface area contributed by atoms with Crippen molar-refractivity contribution in [1.29, 1.82) is 0 Å². The summed E-state index contributed by atoms with van der Waals surface area (Å²) in [5.41, 5.74) is 0.487. The molecule has 0 amide bonds. The Morgan fingerprint density at radius 2 is 2.35 bits per heavy atom. The van der Waals surface area contributed by atoms with E-state index in [0.29, 0.717) is 24.0 Å². The second-order valence-corrected chi connectivity index (χ2v) is 4.49. The molecule has 1 fully saturated rings. The minimum atomic E-state index is -0.282. The highest BCUT2D eigenvalue weighted by Crippen LogP contribution is 2.18. The van der Waals surface area contributed by atoms with Gasteiger partial charge in [0.2, 0.25) is 0 Å². The molecular weight excluding hydrogens is 219 g/mol. The number of anilines is 1. The first-order valence-corrected chi connectivity index (χ1v) is 6.16. The molecule has 1 aliphatic rings. The molecule has 0 aliphatic carbocycles. The maximum atomic E-state index is 14.0. The van der Waals surface area contributed by atoms with Crippen LogP contribution in [0.5, 0.6) is 0 Å². The Kier molecular flexibility index (Phi) is 3.89. The van der Waals surface area contributed by atoms with Crippen LogP contribution >= 0.6 is 0 Å². The summed E-state index contributed by atoms with van der Waals surface area (Å²) in [7, 11) is 1.88. The van der Waals surface area contributed by atoms with E-state index in [-0.39, 0.29) is 5.82 Å². The molecular formula is C12H19FN4. The summed E-state index contributed by atoms with van der Waals surface area (Å²) in [5.74, 6) is 0.126. The van der Waals surface area contributed by atoms with Gasteiger partial charge in [0.15, 0.2) is 11.6 Å². The zero-order valence-corrected chi connectivity index (χ0v) is 10.4. The highest BCUT2D eigenvalue weighted by atomic mass is 19.1. The van der Waals surface area contributed by atoms with E-state index < -0.39 is 0 Å². The highest BCUT2D eigenvalue weighted by molar-refractivity contribution is 5.40. The van der Waals surface area contributed by atoms with Crippen LogP contribution in [0, 0.1) is 5.82 Å². The minimum absolute atomic E-state index is 0.282. The Bertz CT molecular complexity index is 377. The first-order valence-electron chi connectivity index (χ1n) is 6.16. The Labute approximate surface area is 101 Å². The van der Waals surface area contributed by atoms with Gasteiger partial charge in [-0.25, -0.2) is 14.4 Å². The maximum Gasteiger partial charge on any atom is 0.187 e. The van der Waals surface area contributed by atoms with Gasteiger partial charge >= 0.3 is 0 Å². The lowest BCUT2D eigenvalue weighted by molar-refractivity contribution is 0.564. The smallest absolute Gasteiger partial charge is 0.187 e. The van der Waals surface area contributed by atoms with E-state index in [4.69, 9.17) is 0 Å². The Morgan fingerprint density at radius 1 is 1.53 bits per heavy atom. The van der Waals surface area contributed by atoms with Crippen LogP contribution in [0.4, 0.5) is 10.2 Å². The summed E-state index contributed by atoms with van der Waals surface area (Å²) in [6.07, 6.45) is 4.38. The highest BCUT2D eigenvalue weighted by Gasteiger charge is 2.19. The summed E-state index contributed by atoms with van der Waals surface area (Å²) in [5, 5.41) is 3.40. The quantitative estimate of drug-likeness (QED) is 0.860. The van der Waals surface area contributed by atoms with Crippen LogP contribution in [0.15, 0.2) is 6.33 Å². The van der Waals surface area contributed by atoms with E-state index in [2.05, 4.69) is 15.3 Å². The number of aryl methyl sites for hydroxylation is 1. The predicted molar refractivity (Wildman–Crippen MR) is 65.7 cm³/mol. The van der Waals surface area contributed by atoms with Crippen molar-refractivity contribution in [2.75, 3.05) is 25.0 Å². The van der Waals surface area contributed by atoms with Crippen molar-refractivity contribution in [3.63, 3.8) is 0 Å². The average Bonchev–Trinajstić information content (AvgIpc) is 2.82. The van der Waals surface area contributed by atoms with E-state index in [1.807, 2.05) is 18.9 Å². The summed E-state index contributed by atoms with van der Waals surface area (Å²) in [6.45, 7) is 3.75. The summed E-state index contributed by atoms with van der Waals surface area (Å²) in [6, 6.07) is 0.444. The third-order valence-corrected chi connectivity index (χ3v) is 3.20. The van der Waals surface area contributed by atoms with Gasteiger partial charge in [0.05, 0.1) is 5.69 Å². The number of nitrogens with zero attached hydrogens (tertiary/aromatic N) is 3. The van der Waals surface area contributed by atoms with Gasteiger partial charge in [-0.3, -0.25) is 0 Å². The lowest BCUT2D eigenvalue weighted by Crippen LogP contribution is -2.36. The first-order chi connectivity index (χ1) is 8.22. The zero-order valence-electron chi connectivity index (χ0n) is 10.4. The van der Waals surface area contributed by atoms with Crippen molar-refractivity contribution in [2.24, 2.45) is 0 Å². The molecule has 2 heterocycles. The Morgan fingerprint density at radius 3 is 3.00 bits per heavy atom. The van der Waals surface area contributed by atoms with Crippen molar-refractivity contribution in [3.05, 3.63) is 17.8 Å². The number of nitrogens with one attached hydrogen (secondary N) is 1. The number of halogens is 1. The molecule has 0 radical (unpaired) electrons. The molecule has 5 heteroatoms. The number of aromatic nitrogens is 2. The zero-order chi connectivity index (χ0) is 12.3. The molecule has 0 aromatic carbocycles. The van der Waals surface area contributed by atoms with Gasteiger partial charge < -0.3 is 10.2 Å². The molecule has 2 rings (SSSR count). The topological polar surface area (TPSA) is 41.1 Å². The molecule has 0 saturated carbocycles. The van der Waals surface area contributed by atoms with E-state index in [0.717, 1.165) is 19.5 Å². The van der Waals surface area contributed by atoms with Crippen molar-refractivity contribution in [1.82, 2.24) is 15.3 Å². The van der Waals surface area contributed by atoms with Crippen molar-refractivity contribution in [2.45, 2.75) is 32.2 Å². The van der Waals surface area contributed by atoms with E-state index >= 15 is 0 Å². The molecule has 1 saturated heterocycles. The van der Waals surface area contributed by atoms with Crippen LogP contribution in [-0.4, -0.2) is 36.1 Å². The van der Waals surface area contributed by atoms with Crippen LogP contribution in [0.1, 0.15) is 25.5 Å². The fraction of sp³-hybridized carbons (Fsp3) is 0.667. The van der Waals surface area contributed by atoms with E-state index in [9.17, 15) is 4.39 Å². The molecule has 4 nitrogen and oxygen atoms in total. The summed E-state index contributed by atoms with van der Waals surface area (Å²) in [4.78, 5) is 9.86. The monoisotopic (exact) mass is 238 g/mol. The third-order valence-electron chi connectivity index (χ3n) is 3.20. The van der Waals surface area contributed by atoms with E-state index in [1.54, 1.807) is 0 Å². The van der Waals surface area contributed by atoms with Crippen molar-refractivity contribution in [3.8, 4) is 0 Å². The van der Waals surface area contributed by atoms with Crippen LogP contribution in [0.3, 0.4) is 0 Å². The van der Waals surface area contributed by atoms with Crippen LogP contribution < -0.4 is 10.2 Å². The molecule has 1 aliphatic heterocycles. The predicted octanol–water partition coefficient (Wildman–Crippen LogP) is 1.37. The van der Waals surface area contributed by atoms with Crippen LogP contribution in [-0.2, 0) is 6.42 Å². The van der Waals surface area contributed by atoms with Gasteiger partial charge in [-0.05, 0) is 25.8 Å². The van der Waals surface area contributed by atoms with Gasteiger partial charge in [-0.1, -0.05) is 6.92 Å². The second-order valence-electron chi connectivity index (χ2n) is 4.49. The molecule has 17 heavy (non-hydrogen) atoms. The van der Waals surface area contributed by atoms with E-state index in [1.165, 1.54) is 12.7 Å². The fourth-order valence-electron chi connectivity index (χ4n) is 2.24. The molecule has 1 unspecified atom stereocenters. The molecule has 1 aromatic rings. The molecule has 0 bridgehead atoms. The van der Waals surface area contributed by atoms with Crippen LogP contribution in [0.2, 0.25) is 0 Å². The summed E-state index contributed by atoms with van der Waals surface area (Å²) >= 11 is 0. The molecule has 94 valence electrons. The lowest BCUT2D eigenvalue weighted by atomic mass is 10.2. The largest absolute Gasteiger partial charge is 0.356 e. The van der Waals surface area contributed by atoms with Crippen molar-refractivity contribution >= 4 is 5.82 Å². The summed E-state index contributed by atoms with van der Waals surface area (Å²) < 4.78 is 14.0. The number of hydrogen-bond acceptors (Lipinski definition) is 4. The van der Waals surface area contributed by atoms with Gasteiger partial charge in [0, 0.05) is 19.6 Å². The van der Waals surface area contributed by atoms with Gasteiger partial charge in [-0.2, -0.15) is 0 Å². The normalized spacial score (nSPS) is 19.6. The first kappa shape index (κ1) is 12.2. The maximum absolute atomic E-state index is 14.0. The fourth-order valence-corrected chi connectivity index (χ4v) is 2.24. The molecule has 0 spiro atoms. The number of hydrogen-bond donors (Lipinski definition) is 1. The number of likely N-dealkylation sites (N-methyl/N-ethyl adjacent to an activating group) is 1. The molecule has 1 atom stereocenters. The Hall–Kier alpha value is -1.23. The van der Waals surface area contributed by atoms with Gasteiger partial charge in [0.1, 0.15) is 6.33 Å². The lowest BCUT2D eigenvalue weighted by Gasteiger charge is -2.22. The minimum Gasteiger partial charge on any atom is -0.356 e. The number of rotatable bonds is 4. The molecule has 1 aromatic heterocycles. The second kappa shape index (κ2) is 5.40. The van der Waals surface area contributed by atoms with Crippen LogP contribution in [0.25, 0.3) is 0 Å².